The largest absolute Gasteiger partial charge is 0.454 e. The number of fused-ring (bicyclic) bond motifs is 1. The van der Waals surface area contributed by atoms with Gasteiger partial charge in [-0.25, -0.2) is 0 Å². The highest BCUT2D eigenvalue weighted by Gasteiger charge is 2.12. The van der Waals surface area contributed by atoms with Crippen LogP contribution in [0.4, 0.5) is 0 Å². The summed E-state index contributed by atoms with van der Waals surface area (Å²) in [6.07, 6.45) is 1.43. The van der Waals surface area contributed by atoms with Gasteiger partial charge >= 0.3 is 0 Å². The van der Waals surface area contributed by atoms with E-state index in [2.05, 4.69) is 5.32 Å². The fourth-order valence-electron chi connectivity index (χ4n) is 1.87. The van der Waals surface area contributed by atoms with E-state index in [0.717, 1.165) is 36.6 Å². The number of carbonyl (C=O) groups is 1. The molecule has 19 heavy (non-hydrogen) atoms. The van der Waals surface area contributed by atoms with Crippen molar-refractivity contribution in [2.45, 2.75) is 19.4 Å². The molecule has 0 radical (unpaired) electrons. The zero-order valence-electron chi connectivity index (χ0n) is 11.4. The molecule has 2 rings (SSSR count). The number of rotatable bonds is 6. The summed E-state index contributed by atoms with van der Waals surface area (Å²) in [5, 5.41) is 3.32. The first-order valence-electron chi connectivity index (χ1n) is 6.46. The van der Waals surface area contributed by atoms with Gasteiger partial charge in [-0.2, -0.15) is 0 Å². The highest BCUT2D eigenvalue weighted by atomic mass is 16.7. The lowest BCUT2D eigenvalue weighted by Crippen LogP contribution is -2.23. The van der Waals surface area contributed by atoms with Crippen LogP contribution in [0.3, 0.4) is 0 Å². The normalized spacial score (nSPS) is 12.5. The molecule has 1 N–H and O–H groups in total. The summed E-state index contributed by atoms with van der Waals surface area (Å²) in [6.45, 7) is 1.90. The minimum atomic E-state index is 0.171. The van der Waals surface area contributed by atoms with E-state index in [1.165, 1.54) is 0 Å². The molecule has 1 amide bonds. The molecular formula is C14H20N2O3. The van der Waals surface area contributed by atoms with E-state index < -0.39 is 0 Å². The first-order chi connectivity index (χ1) is 9.16. The topological polar surface area (TPSA) is 50.8 Å². The molecule has 0 spiro atoms. The summed E-state index contributed by atoms with van der Waals surface area (Å²) in [6, 6.07) is 5.93. The maximum Gasteiger partial charge on any atom is 0.231 e. The Kier molecular flexibility index (Phi) is 4.63. The minimum absolute atomic E-state index is 0.171. The van der Waals surface area contributed by atoms with Crippen molar-refractivity contribution in [3.8, 4) is 11.5 Å². The van der Waals surface area contributed by atoms with Gasteiger partial charge in [-0.1, -0.05) is 6.07 Å². The molecule has 1 aromatic carbocycles. The lowest BCUT2D eigenvalue weighted by Gasteiger charge is -2.10. The Bertz CT molecular complexity index is 446. The molecule has 0 aromatic heterocycles. The number of hydrogen-bond donors (Lipinski definition) is 1. The molecule has 5 heteroatoms. The molecule has 104 valence electrons. The minimum Gasteiger partial charge on any atom is -0.454 e. The van der Waals surface area contributed by atoms with Gasteiger partial charge in [-0.05, 0) is 30.7 Å². The number of nitrogens with one attached hydrogen (secondary N) is 1. The third kappa shape index (κ3) is 3.86. The van der Waals surface area contributed by atoms with Gasteiger partial charge in [0.25, 0.3) is 0 Å². The van der Waals surface area contributed by atoms with E-state index in [1.807, 2.05) is 18.2 Å². The Labute approximate surface area is 113 Å². The van der Waals surface area contributed by atoms with Crippen LogP contribution in [0.25, 0.3) is 0 Å². The molecule has 0 fully saturated rings. The lowest BCUT2D eigenvalue weighted by molar-refractivity contribution is -0.128. The van der Waals surface area contributed by atoms with Crippen LogP contribution in [0.1, 0.15) is 18.4 Å². The maximum absolute atomic E-state index is 11.4. The molecule has 5 nitrogen and oxygen atoms in total. The lowest BCUT2D eigenvalue weighted by atomic mass is 10.2. The van der Waals surface area contributed by atoms with Crippen LogP contribution in [0.2, 0.25) is 0 Å². The maximum atomic E-state index is 11.4. The number of hydrogen-bond acceptors (Lipinski definition) is 4. The van der Waals surface area contributed by atoms with Crippen molar-refractivity contribution in [1.82, 2.24) is 10.2 Å². The van der Waals surface area contributed by atoms with Crippen molar-refractivity contribution in [1.29, 1.82) is 0 Å². The SMILES string of the molecule is CN(C)C(=O)CCCNCc1ccc2c(c1)OCO2. The number of nitrogens with zero attached hydrogens (tertiary/aromatic N) is 1. The van der Waals surface area contributed by atoms with E-state index in [-0.39, 0.29) is 5.91 Å². The molecule has 1 aromatic rings. The van der Waals surface area contributed by atoms with Crippen LogP contribution in [0.15, 0.2) is 18.2 Å². The second-order valence-corrected chi connectivity index (χ2v) is 4.76. The summed E-state index contributed by atoms with van der Waals surface area (Å²) in [7, 11) is 3.56. The van der Waals surface area contributed by atoms with Gasteiger partial charge in [0.15, 0.2) is 11.5 Å². The van der Waals surface area contributed by atoms with Crippen LogP contribution >= 0.6 is 0 Å². The Balaban J connectivity index is 1.67. The number of amides is 1. The average molecular weight is 264 g/mol. The van der Waals surface area contributed by atoms with Gasteiger partial charge in [0.2, 0.25) is 12.7 Å². The van der Waals surface area contributed by atoms with Crippen molar-refractivity contribution in [3.63, 3.8) is 0 Å². The van der Waals surface area contributed by atoms with Crippen LogP contribution in [0, 0.1) is 0 Å². The third-order valence-electron chi connectivity index (χ3n) is 3.01. The van der Waals surface area contributed by atoms with E-state index in [1.54, 1.807) is 19.0 Å². The molecule has 0 unspecified atom stereocenters. The predicted octanol–water partition coefficient (Wildman–Crippen LogP) is 1.37. The monoisotopic (exact) mass is 264 g/mol. The van der Waals surface area contributed by atoms with E-state index in [0.29, 0.717) is 13.2 Å². The first kappa shape index (κ1) is 13.7. The van der Waals surface area contributed by atoms with Crippen LogP contribution < -0.4 is 14.8 Å². The quantitative estimate of drug-likeness (QED) is 0.789. The fourth-order valence-corrected chi connectivity index (χ4v) is 1.87. The van der Waals surface area contributed by atoms with Gasteiger partial charge in [0, 0.05) is 27.1 Å². The molecule has 0 saturated heterocycles. The molecule has 0 atom stereocenters. The Morgan fingerprint density at radius 3 is 2.89 bits per heavy atom. The van der Waals surface area contributed by atoms with Gasteiger partial charge in [-0.3, -0.25) is 4.79 Å². The average Bonchev–Trinajstić information content (AvgIpc) is 2.85. The molecule has 0 bridgehead atoms. The van der Waals surface area contributed by atoms with Crippen LogP contribution in [-0.2, 0) is 11.3 Å². The highest BCUT2D eigenvalue weighted by molar-refractivity contribution is 5.75. The Morgan fingerprint density at radius 2 is 2.11 bits per heavy atom. The Hall–Kier alpha value is -1.75. The predicted molar refractivity (Wildman–Crippen MR) is 72.2 cm³/mol. The van der Waals surface area contributed by atoms with Gasteiger partial charge in [0.05, 0.1) is 0 Å². The summed E-state index contributed by atoms with van der Waals surface area (Å²) < 4.78 is 10.6. The summed E-state index contributed by atoms with van der Waals surface area (Å²) in [5.41, 5.74) is 1.16. The van der Waals surface area contributed by atoms with Crippen molar-refractivity contribution in [2.24, 2.45) is 0 Å². The van der Waals surface area contributed by atoms with Gasteiger partial charge in [-0.15, -0.1) is 0 Å². The molecule has 0 aliphatic carbocycles. The molecular weight excluding hydrogens is 244 g/mol. The van der Waals surface area contributed by atoms with Gasteiger partial charge in [0.1, 0.15) is 0 Å². The second kappa shape index (κ2) is 6.43. The standard InChI is InChI=1S/C14H20N2O3/c1-16(2)14(17)4-3-7-15-9-11-5-6-12-13(8-11)19-10-18-12/h5-6,8,15H,3-4,7,9-10H2,1-2H3. The zero-order chi connectivity index (χ0) is 13.7. The molecule has 0 saturated carbocycles. The zero-order valence-corrected chi connectivity index (χ0v) is 11.4. The van der Waals surface area contributed by atoms with Crippen LogP contribution in [0.5, 0.6) is 11.5 Å². The van der Waals surface area contributed by atoms with E-state index in [4.69, 9.17) is 9.47 Å². The summed E-state index contributed by atoms with van der Waals surface area (Å²) in [4.78, 5) is 13.0. The van der Waals surface area contributed by atoms with E-state index >= 15 is 0 Å². The third-order valence-corrected chi connectivity index (χ3v) is 3.01. The highest BCUT2D eigenvalue weighted by Crippen LogP contribution is 2.32. The first-order valence-corrected chi connectivity index (χ1v) is 6.46. The number of carbonyl (C=O) groups excluding carboxylic acids is 1. The fraction of sp³-hybridized carbons (Fsp3) is 0.500. The molecule has 1 heterocycles. The second-order valence-electron chi connectivity index (χ2n) is 4.76. The number of ether oxygens (including phenoxy) is 2. The Morgan fingerprint density at radius 1 is 1.32 bits per heavy atom. The van der Waals surface area contributed by atoms with E-state index in [9.17, 15) is 4.79 Å². The van der Waals surface area contributed by atoms with Crippen molar-refractivity contribution < 1.29 is 14.3 Å². The smallest absolute Gasteiger partial charge is 0.231 e. The van der Waals surface area contributed by atoms with Crippen molar-refractivity contribution in [3.05, 3.63) is 23.8 Å². The molecule has 1 aliphatic heterocycles. The summed E-state index contributed by atoms with van der Waals surface area (Å²) >= 11 is 0. The van der Waals surface area contributed by atoms with Gasteiger partial charge < -0.3 is 19.7 Å². The van der Waals surface area contributed by atoms with Crippen molar-refractivity contribution in [2.75, 3.05) is 27.4 Å². The number of benzene rings is 1. The van der Waals surface area contributed by atoms with Crippen molar-refractivity contribution >= 4 is 5.91 Å². The van der Waals surface area contributed by atoms with Crippen LogP contribution in [-0.4, -0.2) is 38.2 Å². The summed E-state index contributed by atoms with van der Waals surface area (Å²) in [5.74, 6) is 1.78. The molecule has 1 aliphatic rings.